The van der Waals surface area contributed by atoms with Gasteiger partial charge in [0.05, 0.1) is 31.1 Å². The molecule has 2 rings (SSSR count). The van der Waals surface area contributed by atoms with Gasteiger partial charge in [0.15, 0.2) is 0 Å². The highest BCUT2D eigenvalue weighted by Gasteiger charge is 2.40. The molecular weight excluding hydrogens is 302 g/mol. The van der Waals surface area contributed by atoms with E-state index in [1.807, 2.05) is 30.3 Å². The van der Waals surface area contributed by atoms with Crippen LogP contribution in [-0.4, -0.2) is 57.5 Å². The molecular formula is C16H25NO4S. The number of methoxy groups -OCH3 is 1. The van der Waals surface area contributed by atoms with Crippen LogP contribution >= 0.6 is 0 Å². The fourth-order valence-corrected chi connectivity index (χ4v) is 4.21. The van der Waals surface area contributed by atoms with Crippen LogP contribution in [0.25, 0.3) is 0 Å². The fourth-order valence-electron chi connectivity index (χ4n) is 2.88. The Hall–Kier alpha value is -0.950. The second-order valence-electron chi connectivity index (χ2n) is 5.46. The monoisotopic (exact) mass is 327 g/mol. The summed E-state index contributed by atoms with van der Waals surface area (Å²) < 4.78 is 37.1. The highest BCUT2D eigenvalue weighted by molar-refractivity contribution is 7.89. The Morgan fingerprint density at radius 3 is 2.59 bits per heavy atom. The SMILES string of the molecule is CCS(=O)(=O)N1CC[C@@H](OCCOC)[C@H]1Cc1ccccc1. The summed E-state index contributed by atoms with van der Waals surface area (Å²) in [5, 5.41) is 0. The van der Waals surface area contributed by atoms with Crippen molar-refractivity contribution < 1.29 is 17.9 Å². The van der Waals surface area contributed by atoms with E-state index in [1.165, 1.54) is 0 Å². The van der Waals surface area contributed by atoms with Crippen LogP contribution in [0.2, 0.25) is 0 Å². The number of hydrogen-bond acceptors (Lipinski definition) is 4. The molecule has 0 spiro atoms. The molecule has 0 amide bonds. The van der Waals surface area contributed by atoms with Gasteiger partial charge >= 0.3 is 0 Å². The van der Waals surface area contributed by atoms with Crippen LogP contribution < -0.4 is 0 Å². The summed E-state index contributed by atoms with van der Waals surface area (Å²) in [7, 11) is -1.58. The Morgan fingerprint density at radius 1 is 1.23 bits per heavy atom. The van der Waals surface area contributed by atoms with Crippen LogP contribution in [0.5, 0.6) is 0 Å². The first-order valence-electron chi connectivity index (χ1n) is 7.72. The molecule has 1 heterocycles. The Morgan fingerprint density at radius 2 is 1.95 bits per heavy atom. The molecule has 1 saturated heterocycles. The predicted molar refractivity (Wildman–Crippen MR) is 86.3 cm³/mol. The van der Waals surface area contributed by atoms with Crippen molar-refractivity contribution in [3.63, 3.8) is 0 Å². The van der Waals surface area contributed by atoms with Gasteiger partial charge in [0.25, 0.3) is 0 Å². The van der Waals surface area contributed by atoms with E-state index in [9.17, 15) is 8.42 Å². The van der Waals surface area contributed by atoms with Crippen molar-refractivity contribution >= 4 is 10.0 Å². The van der Waals surface area contributed by atoms with Gasteiger partial charge in [-0.15, -0.1) is 0 Å². The van der Waals surface area contributed by atoms with Gasteiger partial charge in [-0.2, -0.15) is 4.31 Å². The van der Waals surface area contributed by atoms with Gasteiger partial charge < -0.3 is 9.47 Å². The van der Waals surface area contributed by atoms with Crippen molar-refractivity contribution in [1.82, 2.24) is 4.31 Å². The number of sulfonamides is 1. The van der Waals surface area contributed by atoms with Gasteiger partial charge in [0.1, 0.15) is 0 Å². The Bertz CT molecular complexity index is 547. The van der Waals surface area contributed by atoms with Crippen molar-refractivity contribution in [2.24, 2.45) is 0 Å². The lowest BCUT2D eigenvalue weighted by molar-refractivity contribution is 0.00638. The molecule has 0 aromatic heterocycles. The molecule has 0 bridgehead atoms. The largest absolute Gasteiger partial charge is 0.382 e. The first kappa shape index (κ1) is 17.4. The number of benzene rings is 1. The quantitative estimate of drug-likeness (QED) is 0.682. The Labute approximate surface area is 133 Å². The number of rotatable bonds is 8. The summed E-state index contributed by atoms with van der Waals surface area (Å²) in [5.74, 6) is 0.128. The average Bonchev–Trinajstić information content (AvgIpc) is 2.92. The van der Waals surface area contributed by atoms with Gasteiger partial charge in [-0.05, 0) is 25.3 Å². The molecule has 1 aromatic carbocycles. The molecule has 22 heavy (non-hydrogen) atoms. The first-order chi connectivity index (χ1) is 10.6. The van der Waals surface area contributed by atoms with E-state index in [-0.39, 0.29) is 17.9 Å². The topological polar surface area (TPSA) is 55.8 Å². The van der Waals surface area contributed by atoms with E-state index in [1.54, 1.807) is 18.3 Å². The minimum atomic E-state index is -3.21. The van der Waals surface area contributed by atoms with E-state index in [4.69, 9.17) is 9.47 Å². The van der Waals surface area contributed by atoms with Crippen molar-refractivity contribution in [2.45, 2.75) is 31.9 Å². The van der Waals surface area contributed by atoms with Crippen molar-refractivity contribution in [2.75, 3.05) is 32.6 Å². The lowest BCUT2D eigenvalue weighted by Gasteiger charge is -2.27. The predicted octanol–water partition coefficient (Wildman–Crippen LogP) is 1.68. The third kappa shape index (κ3) is 4.29. The highest BCUT2D eigenvalue weighted by Crippen LogP contribution is 2.27. The summed E-state index contributed by atoms with van der Waals surface area (Å²) in [6.07, 6.45) is 1.34. The standard InChI is InChI=1S/C16H25NO4S/c1-3-22(18,19)17-10-9-16(21-12-11-20-2)15(17)13-14-7-5-4-6-8-14/h4-8,15-16H,3,9-13H2,1-2H3/t15-,16-/m1/s1. The maximum Gasteiger partial charge on any atom is 0.214 e. The van der Waals surface area contributed by atoms with Crippen LogP contribution in [0, 0.1) is 0 Å². The van der Waals surface area contributed by atoms with E-state index in [0.717, 1.165) is 12.0 Å². The third-order valence-corrected chi connectivity index (χ3v) is 5.96. The summed E-state index contributed by atoms with van der Waals surface area (Å²) >= 11 is 0. The lowest BCUT2D eigenvalue weighted by Crippen LogP contribution is -2.42. The van der Waals surface area contributed by atoms with Crippen molar-refractivity contribution in [3.05, 3.63) is 35.9 Å². The van der Waals surface area contributed by atoms with Crippen LogP contribution in [0.1, 0.15) is 18.9 Å². The van der Waals surface area contributed by atoms with Gasteiger partial charge in [-0.1, -0.05) is 30.3 Å². The molecule has 1 aromatic rings. The Balaban J connectivity index is 2.14. The Kier molecular flexibility index (Phi) is 6.37. The lowest BCUT2D eigenvalue weighted by atomic mass is 10.0. The first-order valence-corrected chi connectivity index (χ1v) is 9.33. The summed E-state index contributed by atoms with van der Waals surface area (Å²) in [4.78, 5) is 0. The van der Waals surface area contributed by atoms with E-state index in [0.29, 0.717) is 26.2 Å². The van der Waals surface area contributed by atoms with Crippen LogP contribution in [0.3, 0.4) is 0 Å². The highest BCUT2D eigenvalue weighted by atomic mass is 32.2. The van der Waals surface area contributed by atoms with Crippen molar-refractivity contribution in [1.29, 1.82) is 0 Å². The van der Waals surface area contributed by atoms with Gasteiger partial charge in [0.2, 0.25) is 10.0 Å². The molecule has 0 radical (unpaired) electrons. The van der Waals surface area contributed by atoms with Gasteiger partial charge in [-0.3, -0.25) is 0 Å². The van der Waals surface area contributed by atoms with Crippen LogP contribution in [0.15, 0.2) is 30.3 Å². The minimum Gasteiger partial charge on any atom is -0.382 e. The van der Waals surface area contributed by atoms with E-state index < -0.39 is 10.0 Å². The fraction of sp³-hybridized carbons (Fsp3) is 0.625. The second-order valence-corrected chi connectivity index (χ2v) is 7.67. The molecule has 0 N–H and O–H groups in total. The molecule has 1 aliphatic rings. The number of nitrogens with zero attached hydrogens (tertiary/aromatic N) is 1. The van der Waals surface area contributed by atoms with Gasteiger partial charge in [-0.25, -0.2) is 8.42 Å². The normalized spacial score (nSPS) is 23.0. The second kappa shape index (κ2) is 8.06. The molecule has 6 heteroatoms. The van der Waals surface area contributed by atoms with Crippen molar-refractivity contribution in [3.8, 4) is 0 Å². The minimum absolute atomic E-state index is 0.0725. The molecule has 0 unspecified atom stereocenters. The van der Waals surface area contributed by atoms with E-state index in [2.05, 4.69) is 0 Å². The molecule has 0 saturated carbocycles. The zero-order valence-corrected chi connectivity index (χ0v) is 14.1. The molecule has 1 aliphatic heterocycles. The molecule has 5 nitrogen and oxygen atoms in total. The van der Waals surface area contributed by atoms with Crippen LogP contribution in [0.4, 0.5) is 0 Å². The van der Waals surface area contributed by atoms with E-state index >= 15 is 0 Å². The smallest absolute Gasteiger partial charge is 0.214 e. The third-order valence-electron chi connectivity index (χ3n) is 4.06. The maximum absolute atomic E-state index is 12.3. The number of hydrogen-bond donors (Lipinski definition) is 0. The molecule has 2 atom stereocenters. The number of ether oxygens (including phenoxy) is 2. The summed E-state index contributed by atoms with van der Waals surface area (Å²) in [6.45, 7) is 3.24. The van der Waals surface area contributed by atoms with Gasteiger partial charge in [0, 0.05) is 13.7 Å². The van der Waals surface area contributed by atoms with Crippen LogP contribution in [-0.2, 0) is 25.9 Å². The maximum atomic E-state index is 12.3. The summed E-state index contributed by atoms with van der Waals surface area (Å²) in [6, 6.07) is 9.84. The molecule has 1 fully saturated rings. The zero-order chi connectivity index (χ0) is 16.0. The summed E-state index contributed by atoms with van der Waals surface area (Å²) in [5.41, 5.74) is 1.13. The molecule has 0 aliphatic carbocycles. The average molecular weight is 327 g/mol. The molecule has 124 valence electrons. The zero-order valence-electron chi connectivity index (χ0n) is 13.3.